The Morgan fingerprint density at radius 2 is 2.07 bits per heavy atom. The zero-order valence-electron chi connectivity index (χ0n) is 8.56. The van der Waals surface area contributed by atoms with Crippen LogP contribution in [0.4, 0.5) is 0 Å². The molecule has 0 aromatic heterocycles. The van der Waals surface area contributed by atoms with E-state index in [1.54, 1.807) is 6.92 Å². The Morgan fingerprint density at radius 3 is 2.53 bits per heavy atom. The molecule has 0 amide bonds. The van der Waals surface area contributed by atoms with Crippen LogP contribution in [-0.4, -0.2) is 28.4 Å². The maximum absolute atomic E-state index is 12.6. The summed E-state index contributed by atoms with van der Waals surface area (Å²) in [5, 5.41) is 10.4. The van der Waals surface area contributed by atoms with Crippen molar-refractivity contribution < 1.29 is 9.67 Å². The summed E-state index contributed by atoms with van der Waals surface area (Å²) in [5.74, 6) is 0. The van der Waals surface area contributed by atoms with Crippen LogP contribution in [0, 0.1) is 0 Å². The van der Waals surface area contributed by atoms with Gasteiger partial charge in [-0.1, -0.05) is 30.3 Å². The molecule has 1 aliphatic rings. The van der Waals surface area contributed by atoms with E-state index in [1.165, 1.54) is 0 Å². The van der Waals surface area contributed by atoms with Crippen LogP contribution in [-0.2, 0) is 4.57 Å². The fourth-order valence-electron chi connectivity index (χ4n) is 2.03. The highest BCUT2D eigenvalue weighted by Gasteiger charge is 2.48. The van der Waals surface area contributed by atoms with Gasteiger partial charge in [0.05, 0.1) is 11.0 Å². The topological polar surface area (TPSA) is 37.3 Å². The minimum atomic E-state index is -2.48. The van der Waals surface area contributed by atoms with Gasteiger partial charge in [-0.3, -0.25) is 0 Å². The van der Waals surface area contributed by atoms with E-state index in [1.807, 2.05) is 30.3 Å². The number of alkyl halides is 1. The smallest absolute Gasteiger partial charge is 0.120 e. The standard InChI is InChI=1S/C11H14ClO2P/c1-11(13)8-15(14,7-10(11)12)9-5-3-2-4-6-9/h2-6,10,13H,7-8H2,1H3. The Labute approximate surface area is 94.6 Å². The van der Waals surface area contributed by atoms with Crippen LogP contribution in [0.3, 0.4) is 0 Å². The number of aliphatic hydroxyl groups is 1. The molecule has 1 heterocycles. The lowest BCUT2D eigenvalue weighted by Gasteiger charge is -2.18. The zero-order valence-corrected chi connectivity index (χ0v) is 10.2. The molecular weight excluding hydrogens is 231 g/mol. The molecule has 0 radical (unpaired) electrons. The average molecular weight is 245 g/mol. The molecule has 0 spiro atoms. The first-order chi connectivity index (χ1) is 6.94. The lowest BCUT2D eigenvalue weighted by molar-refractivity contribution is 0.0919. The van der Waals surface area contributed by atoms with Crippen molar-refractivity contribution in [1.29, 1.82) is 0 Å². The summed E-state index contributed by atoms with van der Waals surface area (Å²) in [6, 6.07) is 9.33. The highest BCUT2D eigenvalue weighted by atomic mass is 35.5. The minimum absolute atomic E-state index is 0.290. The summed E-state index contributed by atoms with van der Waals surface area (Å²) in [5.41, 5.74) is -1.01. The lowest BCUT2D eigenvalue weighted by Crippen LogP contribution is -2.33. The molecule has 0 aliphatic carbocycles. The fourth-order valence-corrected chi connectivity index (χ4v) is 6.29. The first-order valence-electron chi connectivity index (χ1n) is 4.94. The van der Waals surface area contributed by atoms with Crippen LogP contribution < -0.4 is 5.30 Å². The van der Waals surface area contributed by atoms with Gasteiger partial charge in [-0.15, -0.1) is 11.6 Å². The van der Waals surface area contributed by atoms with E-state index in [4.69, 9.17) is 11.6 Å². The van der Waals surface area contributed by atoms with Crippen LogP contribution in [0.2, 0.25) is 0 Å². The third kappa shape index (κ3) is 1.99. The van der Waals surface area contributed by atoms with Crippen LogP contribution in [0.5, 0.6) is 0 Å². The lowest BCUT2D eigenvalue weighted by atomic mass is 10.1. The maximum Gasteiger partial charge on any atom is 0.120 e. The van der Waals surface area contributed by atoms with Gasteiger partial charge < -0.3 is 9.67 Å². The van der Waals surface area contributed by atoms with Crippen molar-refractivity contribution in [3.05, 3.63) is 30.3 Å². The number of halogens is 1. The number of hydrogen-bond acceptors (Lipinski definition) is 2. The third-order valence-electron chi connectivity index (χ3n) is 2.93. The molecule has 0 saturated carbocycles. The van der Waals surface area contributed by atoms with Crippen molar-refractivity contribution in [2.75, 3.05) is 12.3 Å². The van der Waals surface area contributed by atoms with Crippen LogP contribution in [0.1, 0.15) is 6.92 Å². The van der Waals surface area contributed by atoms with Crippen LogP contribution >= 0.6 is 18.7 Å². The van der Waals surface area contributed by atoms with Gasteiger partial charge in [0, 0.05) is 17.6 Å². The second kappa shape index (κ2) is 3.62. The van der Waals surface area contributed by atoms with Crippen molar-refractivity contribution in [2.45, 2.75) is 17.9 Å². The van der Waals surface area contributed by atoms with E-state index < -0.39 is 18.1 Å². The average Bonchev–Trinajstić information content (AvgIpc) is 2.38. The van der Waals surface area contributed by atoms with Crippen molar-refractivity contribution >= 4 is 24.0 Å². The summed E-state index contributed by atoms with van der Waals surface area (Å²) in [6.07, 6.45) is 0.684. The van der Waals surface area contributed by atoms with Gasteiger partial charge in [-0.05, 0) is 6.92 Å². The molecule has 4 heteroatoms. The quantitative estimate of drug-likeness (QED) is 0.606. The van der Waals surface area contributed by atoms with Crippen molar-refractivity contribution in [2.24, 2.45) is 0 Å². The summed E-state index contributed by atoms with van der Waals surface area (Å²) in [4.78, 5) is 0. The first kappa shape index (κ1) is 11.2. The monoisotopic (exact) mass is 244 g/mol. The van der Waals surface area contributed by atoms with Gasteiger partial charge in [0.15, 0.2) is 0 Å². The zero-order chi connectivity index (χ0) is 11.1. The van der Waals surface area contributed by atoms with Gasteiger partial charge >= 0.3 is 0 Å². The molecule has 82 valence electrons. The highest BCUT2D eigenvalue weighted by Crippen LogP contribution is 2.55. The van der Waals surface area contributed by atoms with Crippen molar-refractivity contribution in [1.82, 2.24) is 0 Å². The molecule has 3 unspecified atom stereocenters. The normalized spacial score (nSPS) is 40.6. The van der Waals surface area contributed by atoms with E-state index in [-0.39, 0.29) is 6.16 Å². The van der Waals surface area contributed by atoms with Crippen molar-refractivity contribution in [3.63, 3.8) is 0 Å². The summed E-state index contributed by atoms with van der Waals surface area (Å²) in [7, 11) is -2.48. The second-order valence-corrected chi connectivity index (χ2v) is 7.89. The summed E-state index contributed by atoms with van der Waals surface area (Å²) < 4.78 is 12.6. The second-order valence-electron chi connectivity index (χ2n) is 4.39. The molecule has 2 nitrogen and oxygen atoms in total. The summed E-state index contributed by atoms with van der Waals surface area (Å²) in [6.45, 7) is 1.66. The van der Waals surface area contributed by atoms with Gasteiger partial charge in [-0.2, -0.15) is 0 Å². The Kier molecular flexibility index (Phi) is 2.70. The molecule has 3 atom stereocenters. The molecule has 1 N–H and O–H groups in total. The first-order valence-corrected chi connectivity index (χ1v) is 7.46. The van der Waals surface area contributed by atoms with Gasteiger partial charge in [0.1, 0.15) is 7.14 Å². The molecule has 0 bridgehead atoms. The Bertz CT molecular complexity index is 402. The molecule has 2 rings (SSSR count). The molecule has 1 saturated heterocycles. The summed E-state index contributed by atoms with van der Waals surface area (Å²) >= 11 is 6.02. The molecule has 15 heavy (non-hydrogen) atoms. The molecule has 1 fully saturated rings. The molecule has 1 aliphatic heterocycles. The van der Waals surface area contributed by atoms with Gasteiger partial charge in [0.25, 0.3) is 0 Å². The SMILES string of the molecule is CC1(O)CP(=O)(c2ccccc2)CC1Cl. The molecule has 1 aromatic carbocycles. The van der Waals surface area contributed by atoms with E-state index in [2.05, 4.69) is 0 Å². The Hall–Kier alpha value is -0.300. The van der Waals surface area contributed by atoms with Gasteiger partial charge in [0.2, 0.25) is 0 Å². The fraction of sp³-hybridized carbons (Fsp3) is 0.455. The molecule has 1 aromatic rings. The van der Waals surface area contributed by atoms with Crippen molar-refractivity contribution in [3.8, 4) is 0 Å². The largest absolute Gasteiger partial charge is 0.388 e. The van der Waals surface area contributed by atoms with E-state index in [0.29, 0.717) is 6.16 Å². The number of hydrogen-bond donors (Lipinski definition) is 1. The highest BCUT2D eigenvalue weighted by molar-refractivity contribution is 7.72. The Balaban J connectivity index is 2.36. The maximum atomic E-state index is 12.6. The van der Waals surface area contributed by atoms with E-state index in [0.717, 1.165) is 5.30 Å². The third-order valence-corrected chi connectivity index (χ3v) is 7.12. The van der Waals surface area contributed by atoms with Crippen LogP contribution in [0.25, 0.3) is 0 Å². The van der Waals surface area contributed by atoms with Crippen LogP contribution in [0.15, 0.2) is 30.3 Å². The number of benzene rings is 1. The molecular formula is C11H14ClO2P. The predicted octanol–water partition coefficient (Wildman–Crippen LogP) is 2.05. The van der Waals surface area contributed by atoms with Gasteiger partial charge in [-0.25, -0.2) is 0 Å². The minimum Gasteiger partial charge on any atom is -0.388 e. The number of rotatable bonds is 1. The Morgan fingerprint density at radius 1 is 1.47 bits per heavy atom. The van der Waals surface area contributed by atoms with E-state index >= 15 is 0 Å². The predicted molar refractivity (Wildman–Crippen MR) is 63.7 cm³/mol. The van der Waals surface area contributed by atoms with E-state index in [9.17, 15) is 9.67 Å².